The number of pyridine rings is 1. The number of sulfonamides is 1. The molecule has 6 nitrogen and oxygen atoms in total. The Morgan fingerprint density at radius 3 is 2.75 bits per heavy atom. The topological polar surface area (TPSA) is 71.5 Å². The van der Waals surface area contributed by atoms with Crippen LogP contribution in [0.5, 0.6) is 0 Å². The van der Waals surface area contributed by atoms with Crippen LogP contribution in [0.15, 0.2) is 59.6 Å². The summed E-state index contributed by atoms with van der Waals surface area (Å²) in [5, 5.41) is 1.20. The number of benzene rings is 2. The molecule has 1 aliphatic heterocycles. The second kappa shape index (κ2) is 8.05. The maximum atomic E-state index is 13.0. The van der Waals surface area contributed by atoms with Crippen molar-refractivity contribution >= 4 is 38.2 Å². The molecule has 0 aliphatic carbocycles. The van der Waals surface area contributed by atoms with Gasteiger partial charge in [-0.1, -0.05) is 17.7 Å². The number of nitrogens with one attached hydrogen (secondary N) is 1. The van der Waals surface area contributed by atoms with E-state index in [1.54, 1.807) is 54.7 Å². The largest absolute Gasteiger partial charge is 0.379 e. The first kappa shape index (κ1) is 19.1. The zero-order valence-electron chi connectivity index (χ0n) is 15.1. The molecular weight excluding hydrogens is 398 g/mol. The van der Waals surface area contributed by atoms with Gasteiger partial charge < -0.3 is 4.74 Å². The van der Waals surface area contributed by atoms with E-state index in [9.17, 15) is 8.42 Å². The molecule has 0 amide bonds. The predicted octanol–water partition coefficient (Wildman–Crippen LogP) is 3.52. The second-order valence-corrected chi connectivity index (χ2v) is 8.68. The Bertz CT molecular complexity index is 1090. The average molecular weight is 418 g/mol. The number of aromatic nitrogens is 1. The summed E-state index contributed by atoms with van der Waals surface area (Å²) >= 11 is 6.34. The number of morpholine rings is 1. The Morgan fingerprint density at radius 1 is 1.11 bits per heavy atom. The number of ether oxygens (including phenoxy) is 1. The molecule has 2 aromatic carbocycles. The molecule has 1 aromatic heterocycles. The van der Waals surface area contributed by atoms with Crippen LogP contribution in [0, 0.1) is 0 Å². The minimum absolute atomic E-state index is 0.197. The fourth-order valence-corrected chi connectivity index (χ4v) is 4.72. The molecule has 1 fully saturated rings. The van der Waals surface area contributed by atoms with Gasteiger partial charge in [0.1, 0.15) is 0 Å². The first-order valence-corrected chi connectivity index (χ1v) is 10.8. The molecule has 3 aromatic rings. The zero-order chi connectivity index (χ0) is 19.6. The number of fused-ring (bicyclic) bond motifs is 1. The lowest BCUT2D eigenvalue weighted by molar-refractivity contribution is 0.0342. The van der Waals surface area contributed by atoms with Gasteiger partial charge >= 0.3 is 0 Å². The minimum atomic E-state index is -3.77. The lowest BCUT2D eigenvalue weighted by atomic mass is 10.2. The molecular formula is C20H20ClN3O3S. The summed E-state index contributed by atoms with van der Waals surface area (Å²) in [6.45, 7) is 3.69. The third-order valence-corrected chi connectivity index (χ3v) is 6.50. The smallest absolute Gasteiger partial charge is 0.262 e. The lowest BCUT2D eigenvalue weighted by Crippen LogP contribution is -2.35. The Kier molecular flexibility index (Phi) is 5.50. The van der Waals surface area contributed by atoms with E-state index in [4.69, 9.17) is 16.3 Å². The molecule has 0 spiro atoms. The van der Waals surface area contributed by atoms with E-state index in [0.29, 0.717) is 41.4 Å². The van der Waals surface area contributed by atoms with Crippen LogP contribution in [0.2, 0.25) is 5.02 Å². The molecule has 1 aliphatic rings. The van der Waals surface area contributed by atoms with Crippen LogP contribution < -0.4 is 4.72 Å². The van der Waals surface area contributed by atoms with Gasteiger partial charge in [0.25, 0.3) is 10.0 Å². The van der Waals surface area contributed by atoms with Gasteiger partial charge in [-0.25, -0.2) is 8.42 Å². The summed E-state index contributed by atoms with van der Waals surface area (Å²) in [5.41, 5.74) is 1.99. The van der Waals surface area contributed by atoms with E-state index in [1.807, 2.05) is 0 Å². The van der Waals surface area contributed by atoms with Gasteiger partial charge in [-0.2, -0.15) is 0 Å². The van der Waals surface area contributed by atoms with Crippen LogP contribution >= 0.6 is 11.6 Å². The van der Waals surface area contributed by atoms with Crippen molar-refractivity contribution in [2.75, 3.05) is 31.0 Å². The highest BCUT2D eigenvalue weighted by Gasteiger charge is 2.19. The second-order valence-electron chi connectivity index (χ2n) is 6.63. The average Bonchev–Trinajstić information content (AvgIpc) is 2.70. The molecule has 146 valence electrons. The molecule has 0 saturated carbocycles. The number of hydrogen-bond acceptors (Lipinski definition) is 5. The molecule has 4 rings (SSSR count). The molecule has 0 radical (unpaired) electrons. The monoisotopic (exact) mass is 417 g/mol. The lowest BCUT2D eigenvalue weighted by Gasteiger charge is -2.27. The Hall–Kier alpha value is -2.19. The van der Waals surface area contributed by atoms with E-state index < -0.39 is 10.0 Å². The van der Waals surface area contributed by atoms with Crippen LogP contribution in [-0.2, 0) is 21.3 Å². The number of hydrogen-bond donors (Lipinski definition) is 1. The van der Waals surface area contributed by atoms with Crippen molar-refractivity contribution in [3.63, 3.8) is 0 Å². The van der Waals surface area contributed by atoms with Gasteiger partial charge in [0.15, 0.2) is 0 Å². The van der Waals surface area contributed by atoms with Gasteiger partial charge in [-0.3, -0.25) is 14.6 Å². The van der Waals surface area contributed by atoms with Crippen molar-refractivity contribution in [2.24, 2.45) is 0 Å². The van der Waals surface area contributed by atoms with Gasteiger partial charge in [-0.15, -0.1) is 0 Å². The summed E-state index contributed by atoms with van der Waals surface area (Å²) in [7, 11) is -3.77. The first-order chi connectivity index (χ1) is 13.5. The van der Waals surface area contributed by atoms with Crippen molar-refractivity contribution < 1.29 is 13.2 Å². The Morgan fingerprint density at radius 2 is 1.93 bits per heavy atom. The molecule has 0 unspecified atom stereocenters. The number of nitrogens with zero attached hydrogens (tertiary/aromatic N) is 2. The standard InChI is InChI=1S/C20H20ClN3O3S/c21-18-7-6-16(13-15(18)14-24-9-11-27-12-10-24)23-28(25,26)20-5-1-4-19-17(20)3-2-8-22-19/h1-8,13,23H,9-12,14H2. The number of halogens is 1. The molecule has 0 bridgehead atoms. The minimum Gasteiger partial charge on any atom is -0.379 e. The van der Waals surface area contributed by atoms with Crippen molar-refractivity contribution in [3.05, 3.63) is 65.3 Å². The SMILES string of the molecule is O=S(=O)(Nc1ccc(Cl)c(CN2CCOCC2)c1)c1cccc2ncccc12. The van der Waals surface area contributed by atoms with Gasteiger partial charge in [-0.05, 0) is 48.0 Å². The summed E-state index contributed by atoms with van der Waals surface area (Å²) in [4.78, 5) is 6.66. The highest BCUT2D eigenvalue weighted by atomic mass is 35.5. The molecule has 28 heavy (non-hydrogen) atoms. The van der Waals surface area contributed by atoms with Crippen LogP contribution in [0.4, 0.5) is 5.69 Å². The van der Waals surface area contributed by atoms with E-state index in [2.05, 4.69) is 14.6 Å². The highest BCUT2D eigenvalue weighted by molar-refractivity contribution is 7.93. The molecule has 1 N–H and O–H groups in total. The van der Waals surface area contributed by atoms with Crippen LogP contribution in [-0.4, -0.2) is 44.6 Å². The number of rotatable bonds is 5. The normalized spacial score (nSPS) is 15.6. The first-order valence-electron chi connectivity index (χ1n) is 8.98. The van der Waals surface area contributed by atoms with E-state index >= 15 is 0 Å². The summed E-state index contributed by atoms with van der Waals surface area (Å²) in [6.07, 6.45) is 1.64. The third-order valence-electron chi connectivity index (χ3n) is 4.69. The van der Waals surface area contributed by atoms with Gasteiger partial charge in [0.05, 0.1) is 23.6 Å². The van der Waals surface area contributed by atoms with Crippen molar-refractivity contribution in [3.8, 4) is 0 Å². The zero-order valence-corrected chi connectivity index (χ0v) is 16.7. The predicted molar refractivity (Wildman–Crippen MR) is 110 cm³/mol. The fraction of sp³-hybridized carbons (Fsp3) is 0.250. The molecule has 8 heteroatoms. The maximum absolute atomic E-state index is 13.0. The van der Waals surface area contributed by atoms with E-state index in [0.717, 1.165) is 18.7 Å². The third kappa shape index (κ3) is 4.12. The summed E-state index contributed by atoms with van der Waals surface area (Å²) in [5.74, 6) is 0. The van der Waals surface area contributed by atoms with Gasteiger partial charge in [0, 0.05) is 41.9 Å². The maximum Gasteiger partial charge on any atom is 0.262 e. The van der Waals surface area contributed by atoms with Crippen molar-refractivity contribution in [1.29, 1.82) is 0 Å². The van der Waals surface area contributed by atoms with Gasteiger partial charge in [0.2, 0.25) is 0 Å². The highest BCUT2D eigenvalue weighted by Crippen LogP contribution is 2.27. The summed E-state index contributed by atoms with van der Waals surface area (Å²) in [6, 6.07) is 13.7. The van der Waals surface area contributed by atoms with E-state index in [-0.39, 0.29) is 4.90 Å². The quantitative estimate of drug-likeness (QED) is 0.687. The van der Waals surface area contributed by atoms with Crippen molar-refractivity contribution in [2.45, 2.75) is 11.4 Å². The molecule has 0 atom stereocenters. The van der Waals surface area contributed by atoms with Crippen LogP contribution in [0.25, 0.3) is 10.9 Å². The number of anilines is 1. The van der Waals surface area contributed by atoms with Crippen LogP contribution in [0.3, 0.4) is 0 Å². The van der Waals surface area contributed by atoms with Crippen LogP contribution in [0.1, 0.15) is 5.56 Å². The molecule has 2 heterocycles. The van der Waals surface area contributed by atoms with Crippen molar-refractivity contribution in [1.82, 2.24) is 9.88 Å². The Balaban J connectivity index is 1.61. The van der Waals surface area contributed by atoms with E-state index in [1.165, 1.54) is 0 Å². The Labute approximate surface area is 169 Å². The molecule has 1 saturated heterocycles. The summed E-state index contributed by atoms with van der Waals surface area (Å²) < 4.78 is 34.1. The fourth-order valence-electron chi connectivity index (χ4n) is 3.28.